The van der Waals surface area contributed by atoms with Gasteiger partial charge in [-0.2, -0.15) is 0 Å². The normalized spacial score (nSPS) is 13.3. The molecule has 2 aromatic rings. The third-order valence-corrected chi connectivity index (χ3v) is 5.73. The van der Waals surface area contributed by atoms with Crippen molar-refractivity contribution in [1.82, 2.24) is 4.53 Å². The van der Waals surface area contributed by atoms with Crippen LogP contribution in [0.15, 0.2) is 42.5 Å². The van der Waals surface area contributed by atoms with Crippen LogP contribution in [0.3, 0.4) is 0 Å². The highest BCUT2D eigenvalue weighted by molar-refractivity contribution is 6.35. The van der Waals surface area contributed by atoms with E-state index in [1.165, 1.54) is 30.3 Å². The molecule has 1 unspecified atom stereocenters. The van der Waals surface area contributed by atoms with Crippen LogP contribution in [0.25, 0.3) is 0 Å². The number of rotatable bonds is 2. The largest absolute Gasteiger partial charge is 0.390 e. The minimum atomic E-state index is -1.04. The molecular weight excluding hydrogens is 489 g/mol. The second-order valence-electron chi connectivity index (χ2n) is 6.76. The van der Waals surface area contributed by atoms with Crippen molar-refractivity contribution in [1.29, 1.82) is 0 Å². The molecule has 0 saturated carbocycles. The van der Waals surface area contributed by atoms with Crippen molar-refractivity contribution in [2.75, 3.05) is 0 Å². The van der Waals surface area contributed by atoms with Gasteiger partial charge in [-0.05, 0) is 67.3 Å². The molecule has 0 aromatic heterocycles. The first kappa shape index (κ1) is 25.3. The van der Waals surface area contributed by atoms with E-state index in [0.29, 0.717) is 9.55 Å². The Balaban J connectivity index is 0.00000392. The third kappa shape index (κ3) is 5.06. The summed E-state index contributed by atoms with van der Waals surface area (Å²) in [5, 5.41) is 0.967. The summed E-state index contributed by atoms with van der Waals surface area (Å²) in [6, 6.07) is 10.4. The molecule has 2 aromatic carbocycles. The van der Waals surface area contributed by atoms with Crippen LogP contribution in [0.5, 0.6) is 0 Å². The molecule has 0 spiro atoms. The topological polar surface area (TPSA) is 37.4 Å². The highest BCUT2D eigenvalue weighted by Crippen LogP contribution is 2.37. The number of hydrogen-bond acceptors (Lipinski definition) is 2. The minimum absolute atomic E-state index is 0. The maximum absolute atomic E-state index is 13.2. The van der Waals surface area contributed by atoms with E-state index in [-0.39, 0.29) is 33.6 Å². The van der Waals surface area contributed by atoms with Crippen molar-refractivity contribution in [2.45, 2.75) is 26.3 Å². The second kappa shape index (κ2) is 9.40. The van der Waals surface area contributed by atoms with E-state index in [1.807, 2.05) is 0 Å². The molecule has 4 nitrogen and oxygen atoms in total. The summed E-state index contributed by atoms with van der Waals surface area (Å²) in [7, 11) is 0. The van der Waals surface area contributed by atoms with Crippen LogP contribution in [0.1, 0.15) is 41.5 Å². The smallest absolute Gasteiger partial charge is 0.262 e. The molecule has 152 valence electrons. The Bertz CT molecular complexity index is 862. The molecule has 2 rings (SSSR count). The molecule has 0 saturated heterocycles. The molecule has 0 aliphatic carbocycles. The first-order valence-electron chi connectivity index (χ1n) is 7.74. The van der Waals surface area contributed by atoms with Crippen LogP contribution in [0, 0.1) is 0 Å². The van der Waals surface area contributed by atoms with E-state index in [4.69, 9.17) is 58.4 Å². The van der Waals surface area contributed by atoms with E-state index in [9.17, 15) is 9.59 Å². The monoisotopic (exact) mass is 503 g/mol. The number of hydrogen-bond donors (Lipinski definition) is 0. The lowest BCUT2D eigenvalue weighted by Crippen LogP contribution is -2.64. The van der Waals surface area contributed by atoms with Gasteiger partial charge in [-0.15, -0.1) is 12.4 Å². The summed E-state index contributed by atoms with van der Waals surface area (Å²) in [5.74, 6) is -1.33. The number of benzene rings is 2. The highest BCUT2D eigenvalue weighted by atomic mass is 35.5. The molecule has 0 bridgehead atoms. The molecule has 28 heavy (non-hydrogen) atoms. The highest BCUT2D eigenvalue weighted by Gasteiger charge is 2.56. The molecule has 2 amide bonds. The van der Waals surface area contributed by atoms with E-state index in [2.05, 4.69) is 0 Å². The van der Waals surface area contributed by atoms with E-state index >= 15 is 0 Å². The molecule has 10 heteroatoms. The Morgan fingerprint density at radius 2 is 1.32 bits per heavy atom. The summed E-state index contributed by atoms with van der Waals surface area (Å²) >= 11 is 30.8. The van der Waals surface area contributed by atoms with Crippen molar-refractivity contribution in [2.24, 2.45) is 0 Å². The van der Waals surface area contributed by atoms with Gasteiger partial charge in [-0.25, -0.2) is 4.79 Å². The Morgan fingerprint density at radius 3 is 1.75 bits per heavy atom. The SMILES string of the molecule is CC(C)(C)[N+](Cl)(C(=O)c1ccc(Cl)cc1)N(Cl)C(=O)c1cc(Cl)cc(Cl)c1.Cl. The van der Waals surface area contributed by atoms with Crippen molar-refractivity contribution < 1.29 is 13.7 Å². The summed E-state index contributed by atoms with van der Waals surface area (Å²) < 4.78 is -0.403. The number of carbonyl (C=O) groups is 2. The van der Waals surface area contributed by atoms with E-state index < -0.39 is 21.5 Å². The zero-order valence-electron chi connectivity index (χ0n) is 15.1. The number of amides is 2. The summed E-state index contributed by atoms with van der Waals surface area (Å²) in [4.78, 5) is 26.1. The lowest BCUT2D eigenvalue weighted by atomic mass is 10.1. The summed E-state index contributed by atoms with van der Waals surface area (Å²) in [6.45, 7) is 5.05. The van der Waals surface area contributed by atoms with Crippen LogP contribution in [0.2, 0.25) is 15.1 Å². The molecule has 0 heterocycles. The summed E-state index contributed by atoms with van der Waals surface area (Å²) in [6.07, 6.45) is 0. The standard InChI is InChI=1S/C18H16Cl5N2O2.ClH/c1-18(2,3)25(23,17(27)11-4-6-13(19)7-5-11)24(22)16(26)12-8-14(20)10-15(21)9-12;/h4-10H,1-3H3;1H/q+1;. The van der Waals surface area contributed by atoms with Gasteiger partial charge < -0.3 is 0 Å². The number of nitrogens with zero attached hydrogens (tertiary/aromatic N) is 2. The predicted octanol–water partition coefficient (Wildman–Crippen LogP) is 7.19. The van der Waals surface area contributed by atoms with Gasteiger partial charge in [0.15, 0.2) is 0 Å². The first-order valence-corrected chi connectivity index (χ1v) is 9.55. The van der Waals surface area contributed by atoms with Crippen LogP contribution in [-0.4, -0.2) is 26.0 Å². The van der Waals surface area contributed by atoms with Gasteiger partial charge in [0, 0.05) is 20.6 Å². The Morgan fingerprint density at radius 1 is 0.857 bits per heavy atom. The molecule has 0 radical (unpaired) electrons. The quantitative estimate of drug-likeness (QED) is 0.320. The molecule has 0 fully saturated rings. The number of halogens is 6. The molecular formula is C18H17Cl6N2O2+. The minimum Gasteiger partial charge on any atom is -0.262 e. The summed E-state index contributed by atoms with van der Waals surface area (Å²) in [5.41, 5.74) is -0.636. The fourth-order valence-electron chi connectivity index (χ4n) is 2.32. The average molecular weight is 506 g/mol. The molecule has 0 N–H and O–H groups in total. The molecule has 1 atom stereocenters. The van der Waals surface area contributed by atoms with E-state index in [0.717, 1.165) is 0 Å². The van der Waals surface area contributed by atoms with Gasteiger partial charge in [0.2, 0.25) is 11.8 Å². The number of carbonyl (C=O) groups excluding carboxylic acids is 2. The van der Waals surface area contributed by atoms with Crippen LogP contribution >= 0.6 is 70.8 Å². The van der Waals surface area contributed by atoms with Crippen molar-refractivity contribution in [3.8, 4) is 0 Å². The maximum atomic E-state index is 13.2. The third-order valence-electron chi connectivity index (χ3n) is 3.77. The van der Waals surface area contributed by atoms with Gasteiger partial charge in [-0.3, -0.25) is 4.79 Å². The maximum Gasteiger partial charge on any atom is 0.390 e. The zero-order valence-corrected chi connectivity index (χ0v) is 19.6. The van der Waals surface area contributed by atoms with Crippen molar-refractivity contribution >= 4 is 82.6 Å². The van der Waals surface area contributed by atoms with E-state index in [1.54, 1.807) is 32.9 Å². The van der Waals surface area contributed by atoms with Crippen molar-refractivity contribution in [3.63, 3.8) is 0 Å². The predicted molar refractivity (Wildman–Crippen MR) is 117 cm³/mol. The Kier molecular flexibility index (Phi) is 8.49. The Labute approximate surface area is 195 Å². The number of quaternary nitrogens is 1. The average Bonchev–Trinajstić information content (AvgIpc) is 2.58. The first-order chi connectivity index (χ1) is 12.4. The van der Waals surface area contributed by atoms with Crippen LogP contribution in [0.4, 0.5) is 0 Å². The molecule has 0 aliphatic rings. The fraction of sp³-hybridized carbons (Fsp3) is 0.222. The van der Waals surface area contributed by atoms with Gasteiger partial charge in [0.05, 0.1) is 17.3 Å². The van der Waals surface area contributed by atoms with Gasteiger partial charge in [0.1, 0.15) is 5.54 Å². The van der Waals surface area contributed by atoms with Gasteiger partial charge in [-0.1, -0.05) is 39.3 Å². The fourth-order valence-corrected chi connectivity index (χ4v) is 3.53. The van der Waals surface area contributed by atoms with Crippen LogP contribution in [-0.2, 0) is 0 Å². The van der Waals surface area contributed by atoms with Crippen molar-refractivity contribution in [3.05, 3.63) is 68.7 Å². The van der Waals surface area contributed by atoms with Crippen LogP contribution < -0.4 is 0 Å². The van der Waals surface area contributed by atoms with Gasteiger partial charge >= 0.3 is 11.8 Å². The van der Waals surface area contributed by atoms with Gasteiger partial charge in [0.25, 0.3) is 0 Å². The second-order valence-corrected chi connectivity index (χ2v) is 8.88. The molecule has 0 aliphatic heterocycles. The zero-order chi connectivity index (χ0) is 20.6. The lowest BCUT2D eigenvalue weighted by molar-refractivity contribution is -0.871. The Hall–Kier alpha value is -0.720. The lowest BCUT2D eigenvalue weighted by Gasteiger charge is -2.40.